The number of H-pyrrole nitrogens is 1. The summed E-state index contributed by atoms with van der Waals surface area (Å²) in [5, 5.41) is 3.07. The van der Waals surface area contributed by atoms with Gasteiger partial charge in [0.25, 0.3) is 5.56 Å². The molecular weight excluding hydrogens is 290 g/mol. The number of pyridine rings is 2. The summed E-state index contributed by atoms with van der Waals surface area (Å²) in [5.74, 6) is 0. The van der Waals surface area contributed by atoms with E-state index in [0.717, 1.165) is 16.8 Å². The first-order chi connectivity index (χ1) is 11.2. The zero-order valence-electron chi connectivity index (χ0n) is 12.4. The Morgan fingerprint density at radius 2 is 2.00 bits per heavy atom. The summed E-state index contributed by atoms with van der Waals surface area (Å²) in [6.45, 7) is 1.91. The van der Waals surface area contributed by atoms with Crippen LogP contribution in [0.5, 0.6) is 0 Å². The molecule has 0 saturated heterocycles. The second-order valence-corrected chi connectivity index (χ2v) is 5.21. The predicted molar refractivity (Wildman–Crippen MR) is 87.0 cm³/mol. The third kappa shape index (κ3) is 2.20. The van der Waals surface area contributed by atoms with Crippen LogP contribution >= 0.6 is 0 Å². The molecule has 112 valence electrons. The van der Waals surface area contributed by atoms with Crippen molar-refractivity contribution < 1.29 is 0 Å². The number of rotatable bonds is 2. The molecule has 0 aliphatic heterocycles. The number of nitrogens with zero attached hydrogens (tertiary/aromatic N) is 4. The maximum Gasteiger partial charge on any atom is 0.273 e. The standard InChI is InChI=1S/C17H13N5O/c1-11-16(12-5-4-7-18-10-12)17-20-14(9-15(23)22(17)21-11)13-6-2-3-8-19-13/h2-10,21H,1H3. The van der Waals surface area contributed by atoms with E-state index in [4.69, 9.17) is 0 Å². The Kier molecular flexibility index (Phi) is 3.01. The summed E-state index contributed by atoms with van der Waals surface area (Å²) in [4.78, 5) is 25.5. The first-order valence-corrected chi connectivity index (χ1v) is 7.18. The van der Waals surface area contributed by atoms with Crippen LogP contribution in [0.3, 0.4) is 0 Å². The normalized spacial score (nSPS) is 11.0. The Bertz CT molecular complexity index is 1040. The molecule has 0 saturated carbocycles. The average molecular weight is 303 g/mol. The summed E-state index contributed by atoms with van der Waals surface area (Å²) in [7, 11) is 0. The van der Waals surface area contributed by atoms with Gasteiger partial charge in [-0.15, -0.1) is 0 Å². The van der Waals surface area contributed by atoms with Crippen molar-refractivity contribution in [3.05, 3.63) is 71.0 Å². The van der Waals surface area contributed by atoms with Crippen molar-refractivity contribution in [1.82, 2.24) is 24.6 Å². The van der Waals surface area contributed by atoms with E-state index >= 15 is 0 Å². The number of aromatic nitrogens is 5. The summed E-state index contributed by atoms with van der Waals surface area (Å²) in [6, 6.07) is 10.8. The highest BCUT2D eigenvalue weighted by atomic mass is 16.1. The number of aryl methyl sites for hydroxylation is 1. The molecule has 4 heterocycles. The molecule has 0 radical (unpaired) electrons. The second kappa shape index (κ2) is 5.17. The van der Waals surface area contributed by atoms with Crippen molar-refractivity contribution in [3.63, 3.8) is 0 Å². The van der Waals surface area contributed by atoms with Gasteiger partial charge in [0.1, 0.15) is 0 Å². The largest absolute Gasteiger partial charge is 0.293 e. The molecule has 0 spiro atoms. The first-order valence-electron chi connectivity index (χ1n) is 7.18. The monoisotopic (exact) mass is 303 g/mol. The van der Waals surface area contributed by atoms with Crippen molar-refractivity contribution >= 4 is 5.65 Å². The summed E-state index contributed by atoms with van der Waals surface area (Å²) < 4.78 is 1.45. The van der Waals surface area contributed by atoms with Crippen molar-refractivity contribution in [2.45, 2.75) is 6.92 Å². The lowest BCUT2D eigenvalue weighted by atomic mass is 10.1. The van der Waals surface area contributed by atoms with E-state index in [1.54, 1.807) is 18.6 Å². The maximum absolute atomic E-state index is 12.4. The van der Waals surface area contributed by atoms with Crippen LogP contribution in [0, 0.1) is 6.92 Å². The van der Waals surface area contributed by atoms with E-state index in [-0.39, 0.29) is 5.56 Å². The first kappa shape index (κ1) is 13.4. The molecule has 4 rings (SSSR count). The van der Waals surface area contributed by atoms with Gasteiger partial charge in [0, 0.05) is 41.5 Å². The highest BCUT2D eigenvalue weighted by Gasteiger charge is 2.15. The third-order valence-electron chi connectivity index (χ3n) is 3.67. The predicted octanol–water partition coefficient (Wildman–Crippen LogP) is 2.46. The summed E-state index contributed by atoms with van der Waals surface area (Å²) in [6.07, 6.45) is 5.16. The van der Waals surface area contributed by atoms with Crippen molar-refractivity contribution in [1.29, 1.82) is 0 Å². The fourth-order valence-corrected chi connectivity index (χ4v) is 2.65. The minimum absolute atomic E-state index is 0.172. The highest BCUT2D eigenvalue weighted by Crippen LogP contribution is 2.26. The van der Waals surface area contributed by atoms with Crippen LogP contribution in [0.2, 0.25) is 0 Å². The molecule has 0 unspecified atom stereocenters. The van der Waals surface area contributed by atoms with Gasteiger partial charge in [-0.1, -0.05) is 12.1 Å². The molecule has 0 fully saturated rings. The van der Waals surface area contributed by atoms with Gasteiger partial charge in [-0.3, -0.25) is 19.9 Å². The van der Waals surface area contributed by atoms with Gasteiger partial charge < -0.3 is 0 Å². The van der Waals surface area contributed by atoms with E-state index < -0.39 is 0 Å². The molecule has 0 atom stereocenters. The van der Waals surface area contributed by atoms with Gasteiger partial charge in [-0.05, 0) is 25.1 Å². The van der Waals surface area contributed by atoms with Crippen molar-refractivity contribution in [3.8, 4) is 22.5 Å². The number of fused-ring (bicyclic) bond motifs is 1. The Hall–Kier alpha value is -3.28. The average Bonchev–Trinajstić information content (AvgIpc) is 2.93. The highest BCUT2D eigenvalue weighted by molar-refractivity contribution is 5.80. The fourth-order valence-electron chi connectivity index (χ4n) is 2.65. The Morgan fingerprint density at radius 1 is 1.09 bits per heavy atom. The van der Waals surface area contributed by atoms with Crippen LogP contribution in [-0.2, 0) is 0 Å². The molecule has 1 N–H and O–H groups in total. The number of nitrogens with one attached hydrogen (secondary N) is 1. The molecule has 4 aromatic rings. The third-order valence-corrected chi connectivity index (χ3v) is 3.67. The van der Waals surface area contributed by atoms with E-state index in [1.807, 2.05) is 37.3 Å². The van der Waals surface area contributed by atoms with Gasteiger partial charge in [0.2, 0.25) is 0 Å². The van der Waals surface area contributed by atoms with Gasteiger partial charge in [-0.2, -0.15) is 0 Å². The molecule has 0 bridgehead atoms. The SMILES string of the molecule is Cc1[nH]n2c(=O)cc(-c3ccccn3)nc2c1-c1cccnc1. The quantitative estimate of drug-likeness (QED) is 0.617. The van der Waals surface area contributed by atoms with Crippen LogP contribution in [0.4, 0.5) is 0 Å². The molecule has 0 aliphatic rings. The zero-order chi connectivity index (χ0) is 15.8. The molecular formula is C17H13N5O. The lowest BCUT2D eigenvalue weighted by molar-refractivity contribution is 0.881. The molecule has 4 aromatic heterocycles. The number of hydrogen-bond acceptors (Lipinski definition) is 4. The molecule has 0 aliphatic carbocycles. The molecule has 0 aromatic carbocycles. The summed E-state index contributed by atoms with van der Waals surface area (Å²) in [5.41, 5.74) is 4.27. The van der Waals surface area contributed by atoms with Gasteiger partial charge in [0.15, 0.2) is 5.65 Å². The van der Waals surface area contributed by atoms with E-state index in [0.29, 0.717) is 17.0 Å². The van der Waals surface area contributed by atoms with Gasteiger partial charge in [-0.25, -0.2) is 9.50 Å². The zero-order valence-corrected chi connectivity index (χ0v) is 12.4. The molecule has 23 heavy (non-hydrogen) atoms. The Balaban J connectivity index is 2.04. The second-order valence-electron chi connectivity index (χ2n) is 5.21. The lowest BCUT2D eigenvalue weighted by Gasteiger charge is -2.02. The van der Waals surface area contributed by atoms with Crippen LogP contribution < -0.4 is 5.56 Å². The van der Waals surface area contributed by atoms with E-state index in [9.17, 15) is 4.79 Å². The van der Waals surface area contributed by atoms with Crippen LogP contribution in [0.1, 0.15) is 5.69 Å². The van der Waals surface area contributed by atoms with E-state index in [2.05, 4.69) is 20.1 Å². The number of aromatic amines is 1. The fraction of sp³-hybridized carbons (Fsp3) is 0.0588. The van der Waals surface area contributed by atoms with Gasteiger partial charge >= 0.3 is 0 Å². The topological polar surface area (TPSA) is 75.9 Å². The molecule has 6 nitrogen and oxygen atoms in total. The Morgan fingerprint density at radius 3 is 2.74 bits per heavy atom. The van der Waals surface area contributed by atoms with Crippen molar-refractivity contribution in [2.75, 3.05) is 0 Å². The van der Waals surface area contributed by atoms with Crippen molar-refractivity contribution in [2.24, 2.45) is 0 Å². The Labute approximate surface area is 131 Å². The minimum Gasteiger partial charge on any atom is -0.293 e. The van der Waals surface area contributed by atoms with Crippen LogP contribution in [0.15, 0.2) is 59.8 Å². The van der Waals surface area contributed by atoms with E-state index in [1.165, 1.54) is 10.6 Å². The van der Waals surface area contributed by atoms with Crippen LogP contribution in [-0.4, -0.2) is 24.6 Å². The minimum atomic E-state index is -0.172. The number of hydrogen-bond donors (Lipinski definition) is 1. The lowest BCUT2D eigenvalue weighted by Crippen LogP contribution is -2.14. The smallest absolute Gasteiger partial charge is 0.273 e. The maximum atomic E-state index is 12.4. The molecule has 0 amide bonds. The van der Waals surface area contributed by atoms with Crippen LogP contribution in [0.25, 0.3) is 28.2 Å². The van der Waals surface area contributed by atoms with Gasteiger partial charge in [0.05, 0.1) is 11.4 Å². The molecule has 6 heteroatoms. The summed E-state index contributed by atoms with van der Waals surface area (Å²) >= 11 is 0.